The number of rotatable bonds is 4. The Morgan fingerprint density at radius 2 is 2.05 bits per heavy atom. The van der Waals surface area contributed by atoms with Crippen LogP contribution in [0.15, 0.2) is 24.3 Å². The summed E-state index contributed by atoms with van der Waals surface area (Å²) in [5.74, 6) is -0.720. The summed E-state index contributed by atoms with van der Waals surface area (Å²) in [4.78, 5) is 24.3. The third kappa shape index (κ3) is 2.82. The van der Waals surface area contributed by atoms with Gasteiger partial charge in [0.1, 0.15) is 4.88 Å². The zero-order valence-electron chi connectivity index (χ0n) is 11.7. The van der Waals surface area contributed by atoms with Crippen molar-refractivity contribution < 1.29 is 14.3 Å². The highest BCUT2D eigenvalue weighted by atomic mass is 32.1. The molecule has 20 heavy (non-hydrogen) atoms. The molecule has 0 aliphatic carbocycles. The van der Waals surface area contributed by atoms with Gasteiger partial charge >= 0.3 is 5.97 Å². The smallest absolute Gasteiger partial charge is 0.349 e. The average Bonchev–Trinajstić information content (AvgIpc) is 2.77. The van der Waals surface area contributed by atoms with E-state index in [4.69, 9.17) is 4.74 Å². The number of ether oxygens (including phenoxy) is 1. The molecule has 1 heterocycles. The van der Waals surface area contributed by atoms with E-state index in [1.807, 2.05) is 38.1 Å². The summed E-state index contributed by atoms with van der Waals surface area (Å²) < 4.78 is 6.26. The predicted molar refractivity (Wildman–Crippen MR) is 80.1 cm³/mol. The molecule has 5 heteroatoms. The van der Waals surface area contributed by atoms with Crippen LogP contribution in [-0.2, 0) is 9.53 Å². The van der Waals surface area contributed by atoms with Crippen LogP contribution in [0.25, 0.3) is 10.1 Å². The van der Waals surface area contributed by atoms with Crippen LogP contribution in [0.1, 0.15) is 29.1 Å². The minimum absolute atomic E-state index is 0.278. The van der Waals surface area contributed by atoms with E-state index in [1.54, 1.807) is 6.92 Å². The second kappa shape index (κ2) is 6.05. The SMILES string of the molecule is CCNC(=O)[C@@H](C)OC(=O)c1sc2ccccc2c1C. The molecule has 0 aliphatic heterocycles. The molecule has 2 aromatic rings. The van der Waals surface area contributed by atoms with Gasteiger partial charge in [-0.1, -0.05) is 18.2 Å². The fourth-order valence-corrected chi connectivity index (χ4v) is 3.05. The summed E-state index contributed by atoms with van der Waals surface area (Å²) in [6.07, 6.45) is -0.785. The Hall–Kier alpha value is -1.88. The summed E-state index contributed by atoms with van der Waals surface area (Å²) in [7, 11) is 0. The number of hydrogen-bond acceptors (Lipinski definition) is 4. The molecule has 0 aliphatic rings. The fourth-order valence-electron chi connectivity index (χ4n) is 1.95. The van der Waals surface area contributed by atoms with Gasteiger partial charge in [-0.15, -0.1) is 11.3 Å². The van der Waals surface area contributed by atoms with Gasteiger partial charge in [-0.25, -0.2) is 4.79 Å². The molecule has 2 rings (SSSR count). The van der Waals surface area contributed by atoms with Gasteiger partial charge in [-0.05, 0) is 37.8 Å². The van der Waals surface area contributed by atoms with Gasteiger partial charge in [0.05, 0.1) is 0 Å². The Morgan fingerprint density at radius 1 is 1.35 bits per heavy atom. The third-order valence-electron chi connectivity index (χ3n) is 3.03. The second-order valence-corrected chi connectivity index (χ2v) is 5.55. The highest BCUT2D eigenvalue weighted by Gasteiger charge is 2.22. The first kappa shape index (κ1) is 14.5. The number of nitrogens with one attached hydrogen (secondary N) is 1. The van der Waals surface area contributed by atoms with E-state index in [1.165, 1.54) is 11.3 Å². The average molecular weight is 291 g/mol. The van der Waals surface area contributed by atoms with Crippen molar-refractivity contribution in [3.05, 3.63) is 34.7 Å². The zero-order chi connectivity index (χ0) is 14.7. The number of likely N-dealkylation sites (N-methyl/N-ethyl adjacent to an activating group) is 1. The van der Waals surface area contributed by atoms with Crippen LogP contribution in [0.2, 0.25) is 0 Å². The molecule has 0 saturated carbocycles. The van der Waals surface area contributed by atoms with E-state index >= 15 is 0 Å². The molecular formula is C15H17NO3S. The van der Waals surface area contributed by atoms with E-state index < -0.39 is 12.1 Å². The van der Waals surface area contributed by atoms with Gasteiger partial charge < -0.3 is 10.1 Å². The second-order valence-electron chi connectivity index (χ2n) is 4.49. The van der Waals surface area contributed by atoms with E-state index in [0.717, 1.165) is 15.6 Å². The molecule has 1 aromatic heterocycles. The summed E-state index contributed by atoms with van der Waals surface area (Å²) in [6, 6.07) is 7.82. The quantitative estimate of drug-likeness (QED) is 0.881. The van der Waals surface area contributed by atoms with Crippen molar-refractivity contribution in [3.63, 3.8) is 0 Å². The summed E-state index contributed by atoms with van der Waals surface area (Å²) in [5, 5.41) is 3.68. The van der Waals surface area contributed by atoms with Crippen LogP contribution in [0, 0.1) is 6.92 Å². The molecule has 0 bridgehead atoms. The Balaban J connectivity index is 2.19. The molecule has 0 fully saturated rings. The normalized spacial score (nSPS) is 12.2. The van der Waals surface area contributed by atoms with Crippen molar-refractivity contribution in [1.29, 1.82) is 0 Å². The lowest BCUT2D eigenvalue weighted by atomic mass is 10.1. The van der Waals surface area contributed by atoms with Crippen LogP contribution >= 0.6 is 11.3 Å². The van der Waals surface area contributed by atoms with Gasteiger partial charge in [0.2, 0.25) is 0 Å². The van der Waals surface area contributed by atoms with Gasteiger partial charge in [0.25, 0.3) is 5.91 Å². The van der Waals surface area contributed by atoms with Crippen LogP contribution in [0.4, 0.5) is 0 Å². The number of benzene rings is 1. The van der Waals surface area contributed by atoms with Gasteiger partial charge in [-0.3, -0.25) is 4.79 Å². The van der Waals surface area contributed by atoms with Crippen molar-refractivity contribution in [2.75, 3.05) is 6.54 Å². The third-order valence-corrected chi connectivity index (χ3v) is 4.29. The molecule has 106 valence electrons. The molecule has 0 radical (unpaired) electrons. The Morgan fingerprint density at radius 3 is 2.70 bits per heavy atom. The highest BCUT2D eigenvalue weighted by Crippen LogP contribution is 2.31. The minimum atomic E-state index is -0.785. The number of thiophene rings is 1. The van der Waals surface area contributed by atoms with Crippen molar-refractivity contribution in [1.82, 2.24) is 5.32 Å². The Kier molecular flexibility index (Phi) is 4.39. The van der Waals surface area contributed by atoms with Crippen LogP contribution in [0.5, 0.6) is 0 Å². The molecule has 0 unspecified atom stereocenters. The number of carbonyl (C=O) groups is 2. The molecule has 0 spiro atoms. The lowest BCUT2D eigenvalue weighted by Gasteiger charge is -2.12. The van der Waals surface area contributed by atoms with Crippen LogP contribution < -0.4 is 5.32 Å². The van der Waals surface area contributed by atoms with Crippen LogP contribution in [0.3, 0.4) is 0 Å². The standard InChI is InChI=1S/C15H17NO3S/c1-4-16-14(17)10(3)19-15(18)13-9(2)11-7-5-6-8-12(11)20-13/h5-8,10H,4H2,1-3H3,(H,16,17)/t10-/m1/s1. The van der Waals surface area contributed by atoms with Crippen LogP contribution in [-0.4, -0.2) is 24.5 Å². The number of amides is 1. The maximum Gasteiger partial charge on any atom is 0.349 e. The van der Waals surface area contributed by atoms with Crippen molar-refractivity contribution in [2.45, 2.75) is 26.9 Å². The molecule has 1 atom stereocenters. The Labute approximate surface area is 121 Å². The maximum atomic E-state index is 12.2. The van der Waals surface area contributed by atoms with Gasteiger partial charge in [-0.2, -0.15) is 0 Å². The first-order valence-electron chi connectivity index (χ1n) is 6.51. The largest absolute Gasteiger partial charge is 0.448 e. The van der Waals surface area contributed by atoms with E-state index in [9.17, 15) is 9.59 Å². The zero-order valence-corrected chi connectivity index (χ0v) is 12.5. The van der Waals surface area contributed by atoms with Crippen molar-refractivity contribution in [2.24, 2.45) is 0 Å². The van der Waals surface area contributed by atoms with Crippen molar-refractivity contribution in [3.8, 4) is 0 Å². The molecule has 1 N–H and O–H groups in total. The topological polar surface area (TPSA) is 55.4 Å². The number of esters is 1. The van der Waals surface area contributed by atoms with Gasteiger partial charge in [0, 0.05) is 11.2 Å². The first-order chi connectivity index (χ1) is 9.54. The van der Waals surface area contributed by atoms with Gasteiger partial charge in [0.15, 0.2) is 6.10 Å². The predicted octanol–water partition coefficient (Wildman–Crippen LogP) is 2.89. The van der Waals surface area contributed by atoms with E-state index in [0.29, 0.717) is 11.4 Å². The summed E-state index contributed by atoms with van der Waals surface area (Å²) >= 11 is 1.39. The number of carbonyl (C=O) groups excluding carboxylic acids is 2. The van der Waals surface area contributed by atoms with E-state index in [2.05, 4.69) is 5.32 Å². The summed E-state index contributed by atoms with van der Waals surface area (Å²) in [5.41, 5.74) is 0.902. The van der Waals surface area contributed by atoms with E-state index in [-0.39, 0.29) is 5.91 Å². The molecule has 0 saturated heterocycles. The monoisotopic (exact) mass is 291 g/mol. The lowest BCUT2D eigenvalue weighted by Crippen LogP contribution is -2.35. The minimum Gasteiger partial charge on any atom is -0.448 e. The molecule has 4 nitrogen and oxygen atoms in total. The number of fused-ring (bicyclic) bond motifs is 1. The lowest BCUT2D eigenvalue weighted by molar-refractivity contribution is -0.128. The maximum absolute atomic E-state index is 12.2. The summed E-state index contributed by atoms with van der Waals surface area (Å²) in [6.45, 7) is 5.81. The first-order valence-corrected chi connectivity index (χ1v) is 7.33. The highest BCUT2D eigenvalue weighted by molar-refractivity contribution is 7.21. The Bertz CT molecular complexity index is 648. The molecular weight excluding hydrogens is 274 g/mol. The van der Waals surface area contributed by atoms with Crippen molar-refractivity contribution >= 4 is 33.3 Å². The molecule has 1 aromatic carbocycles. The molecule has 1 amide bonds. The number of aryl methyl sites for hydroxylation is 1. The fraction of sp³-hybridized carbons (Fsp3) is 0.333. The number of hydrogen-bond donors (Lipinski definition) is 1.